The standard InChI is InChI=1S/2C36H25N2.C18H14N.C13H12N.C12H10N.CH4.5Ir/c1-25-15-18-34(37-24-25)30-13-8-14-31(21-30)38-35-19-16-28(26-9-4-2-5-10-26)22-32(35)33-23-29(17-20-36(33)38)27-11-6-3-7-12-27;1-25-12-19-34(37-24-25)28-13-17-31(18-14-28)38-35-20-15-29(26-8-4-2-5-9-26)22-32(35)33-23-30(16-21-36(33)38)27-10-6-3-7-11-27;1-14-10-11-19-18(12-14)17-9-5-8-16(13-17)15-6-3-2-4-7-15;1-10-4-3-5-12(8-10)13-7-6-11(2)9-14-13;1-10-7-8-12(13-9-10)11-5-3-2-4-6-11;;;;;;/h2-12,14-24H,1H3;2-13,15-24H,1H3;2-8,10-13H,1H3;3-4,6-9H,1-2H3;2-5,7-9H,1H3;1H4;;;;;/q5*-1;;;;;;. The minimum absolute atomic E-state index is 0. The molecule has 0 aliphatic carbocycles. The van der Waals surface area contributed by atoms with E-state index in [-0.39, 0.29) is 108 Å². The molecule has 0 fully saturated rings. The Morgan fingerprint density at radius 1 is 0.203 bits per heavy atom. The van der Waals surface area contributed by atoms with Gasteiger partial charge in [0.05, 0.1) is 11.0 Å². The first-order valence-corrected chi connectivity index (χ1v) is 41.0. The second-order valence-corrected chi connectivity index (χ2v) is 30.5. The van der Waals surface area contributed by atoms with Crippen molar-refractivity contribution in [1.29, 1.82) is 0 Å². The number of nitrogens with zero attached hydrogens (tertiary/aromatic N) is 7. The summed E-state index contributed by atoms with van der Waals surface area (Å²) in [5.41, 5.74) is 36.1. The van der Waals surface area contributed by atoms with Crippen molar-refractivity contribution in [3.05, 3.63) is 477 Å². The van der Waals surface area contributed by atoms with E-state index >= 15 is 0 Å². The molecule has 5 radical (unpaired) electrons. The van der Waals surface area contributed by atoms with Gasteiger partial charge in [0.25, 0.3) is 0 Å². The van der Waals surface area contributed by atoms with E-state index in [2.05, 4.69) is 401 Å². The molecule has 14 aromatic carbocycles. The van der Waals surface area contributed by atoms with Crippen LogP contribution < -0.4 is 0 Å². The van der Waals surface area contributed by atoms with Crippen LogP contribution in [0.2, 0.25) is 0 Å². The third-order valence-electron chi connectivity index (χ3n) is 21.6. The molecular formula is C116H90Ir5N7-5. The van der Waals surface area contributed by atoms with Crippen LogP contribution in [0.5, 0.6) is 0 Å². The van der Waals surface area contributed by atoms with Gasteiger partial charge in [-0.05, 0) is 201 Å². The first kappa shape index (κ1) is 96.3. The fraction of sp³-hybridized carbons (Fsp3) is 0.0603. The molecule has 128 heavy (non-hydrogen) atoms. The van der Waals surface area contributed by atoms with Gasteiger partial charge in [-0.3, -0.25) is 0 Å². The van der Waals surface area contributed by atoms with Crippen LogP contribution in [0.25, 0.3) is 167 Å². The molecule has 639 valence electrons. The first-order chi connectivity index (χ1) is 59.9. The Morgan fingerprint density at radius 2 is 0.531 bits per heavy atom. The molecule has 0 saturated heterocycles. The van der Waals surface area contributed by atoms with E-state index < -0.39 is 0 Å². The average Bonchev–Trinajstić information content (AvgIpc) is 1.59. The number of rotatable bonds is 12. The van der Waals surface area contributed by atoms with Crippen molar-refractivity contribution in [1.82, 2.24) is 34.1 Å². The Bertz CT molecular complexity index is 6930. The molecule has 7 nitrogen and oxygen atoms in total. The third kappa shape index (κ3) is 23.2. The smallest absolute Gasteiger partial charge is 0.0524 e. The molecule has 0 amide bonds. The van der Waals surface area contributed by atoms with E-state index in [9.17, 15) is 0 Å². The van der Waals surface area contributed by atoms with Gasteiger partial charge in [0.15, 0.2) is 0 Å². The summed E-state index contributed by atoms with van der Waals surface area (Å²) in [7, 11) is 0. The number of benzene rings is 14. The summed E-state index contributed by atoms with van der Waals surface area (Å²) in [4.78, 5) is 22.3. The van der Waals surface area contributed by atoms with E-state index in [0.717, 1.165) is 78.8 Å². The molecule has 21 rings (SSSR count). The van der Waals surface area contributed by atoms with Crippen molar-refractivity contribution in [2.24, 2.45) is 0 Å². The van der Waals surface area contributed by atoms with E-state index in [1.807, 2.05) is 118 Å². The largest absolute Gasteiger partial charge is 0.351 e. The fourth-order valence-electron chi connectivity index (χ4n) is 15.2. The molecule has 0 N–H and O–H groups in total. The van der Waals surface area contributed by atoms with E-state index in [1.54, 1.807) is 0 Å². The van der Waals surface area contributed by atoms with Gasteiger partial charge in [-0.2, -0.15) is 0 Å². The summed E-state index contributed by atoms with van der Waals surface area (Å²) >= 11 is 0. The predicted molar refractivity (Wildman–Crippen MR) is 514 cm³/mol. The van der Waals surface area contributed by atoms with Gasteiger partial charge in [0, 0.05) is 164 Å². The minimum atomic E-state index is 0. The van der Waals surface area contributed by atoms with Crippen LogP contribution in [0.3, 0.4) is 0 Å². The van der Waals surface area contributed by atoms with Crippen LogP contribution in [0.1, 0.15) is 40.8 Å². The number of aryl methyl sites for hydroxylation is 6. The van der Waals surface area contributed by atoms with Crippen LogP contribution >= 0.6 is 0 Å². The molecule has 0 saturated carbocycles. The van der Waals surface area contributed by atoms with Gasteiger partial charge in [-0.25, -0.2) is 0 Å². The molecule has 0 unspecified atom stereocenters. The van der Waals surface area contributed by atoms with E-state index in [0.29, 0.717) is 0 Å². The number of hydrogen-bond donors (Lipinski definition) is 0. The SMILES string of the molecule is C.Cc1ccc(-c2[c-]cc(-n3c4ccc(-c5ccccc5)cc4c4cc(-c5ccccc5)ccc43)cc2)nc1.Cc1ccc(-c2[c-]ccc(-n3c4ccc(-c5ccccc5)cc4c4cc(-c5ccccc5)ccc43)c2)nc1.Cc1ccc(-c2[c-]ccc(C)c2)nc1.Cc1ccc(-c2[c-]cccc2)nc1.Cc1ccnc(-c2[c-]ccc(-c3ccccc3)c2)c1.[Ir].[Ir].[Ir].[Ir].[Ir]. The topological polar surface area (TPSA) is 74.3 Å². The molecule has 21 aromatic rings. The molecule has 0 spiro atoms. The summed E-state index contributed by atoms with van der Waals surface area (Å²) in [6.45, 7) is 12.3. The van der Waals surface area contributed by atoms with Crippen molar-refractivity contribution in [3.63, 3.8) is 0 Å². The number of hydrogen-bond acceptors (Lipinski definition) is 5. The Labute approximate surface area is 819 Å². The monoisotopic (exact) mass is 2550 g/mol. The van der Waals surface area contributed by atoms with Gasteiger partial charge >= 0.3 is 0 Å². The summed E-state index contributed by atoms with van der Waals surface area (Å²) in [5.74, 6) is 0. The van der Waals surface area contributed by atoms with Gasteiger partial charge in [-0.15, -0.1) is 166 Å². The van der Waals surface area contributed by atoms with Crippen molar-refractivity contribution in [3.8, 4) is 123 Å². The summed E-state index contributed by atoms with van der Waals surface area (Å²) in [6.07, 6.45) is 9.40. The number of fused-ring (bicyclic) bond motifs is 6. The van der Waals surface area contributed by atoms with Crippen molar-refractivity contribution < 1.29 is 101 Å². The van der Waals surface area contributed by atoms with Gasteiger partial charge in [-0.1, -0.05) is 250 Å². The second-order valence-electron chi connectivity index (χ2n) is 30.5. The Balaban J connectivity index is 0.000000164. The summed E-state index contributed by atoms with van der Waals surface area (Å²) in [5, 5.41) is 4.95. The first-order valence-electron chi connectivity index (χ1n) is 41.0. The summed E-state index contributed by atoms with van der Waals surface area (Å²) < 4.78 is 4.71. The van der Waals surface area contributed by atoms with Crippen LogP contribution in [-0.4, -0.2) is 34.1 Å². The van der Waals surface area contributed by atoms with Crippen LogP contribution in [-0.2, 0) is 101 Å². The van der Waals surface area contributed by atoms with Crippen LogP contribution in [0.15, 0.2) is 413 Å². The Hall–Kier alpha value is -12.3. The molecule has 7 heterocycles. The van der Waals surface area contributed by atoms with E-state index in [4.69, 9.17) is 0 Å². The zero-order valence-corrected chi connectivity index (χ0v) is 82.5. The van der Waals surface area contributed by atoms with E-state index in [1.165, 1.54) is 122 Å². The fourth-order valence-corrected chi connectivity index (χ4v) is 15.2. The minimum Gasteiger partial charge on any atom is -0.351 e. The molecule has 0 atom stereocenters. The normalized spacial score (nSPS) is 10.4. The van der Waals surface area contributed by atoms with Crippen LogP contribution in [0.4, 0.5) is 0 Å². The maximum Gasteiger partial charge on any atom is 0.0524 e. The Kier molecular flexibility index (Phi) is 34.5. The quantitative estimate of drug-likeness (QED) is 0.114. The predicted octanol–water partition coefficient (Wildman–Crippen LogP) is 29.7. The second kappa shape index (κ2) is 45.9. The molecule has 7 aromatic heterocycles. The van der Waals surface area contributed by atoms with Gasteiger partial charge in [0.2, 0.25) is 0 Å². The third-order valence-corrected chi connectivity index (χ3v) is 21.6. The van der Waals surface area contributed by atoms with Crippen molar-refractivity contribution >= 4 is 43.6 Å². The van der Waals surface area contributed by atoms with Gasteiger partial charge < -0.3 is 34.1 Å². The maximum absolute atomic E-state index is 4.65. The number of pyridine rings is 5. The average molecular weight is 2540 g/mol. The zero-order chi connectivity index (χ0) is 83.1. The van der Waals surface area contributed by atoms with Crippen LogP contribution in [0, 0.1) is 71.9 Å². The molecule has 0 aliphatic heterocycles. The molecule has 0 bridgehead atoms. The molecule has 0 aliphatic rings. The number of aromatic nitrogens is 7. The summed E-state index contributed by atoms with van der Waals surface area (Å²) in [6, 6.07) is 150. The molecular weight excluding hydrogens is 2450 g/mol. The van der Waals surface area contributed by atoms with Gasteiger partial charge in [0.1, 0.15) is 0 Å². The molecule has 12 heteroatoms. The maximum atomic E-state index is 4.65. The van der Waals surface area contributed by atoms with Crippen molar-refractivity contribution in [2.45, 2.75) is 49.0 Å². The zero-order valence-electron chi connectivity index (χ0n) is 70.6. The Morgan fingerprint density at radius 3 is 0.883 bits per heavy atom. The van der Waals surface area contributed by atoms with Crippen molar-refractivity contribution in [2.75, 3.05) is 0 Å².